The van der Waals surface area contributed by atoms with Gasteiger partial charge >= 0.3 is 6.09 Å². The van der Waals surface area contributed by atoms with Crippen molar-refractivity contribution < 1.29 is 9.90 Å². The van der Waals surface area contributed by atoms with Gasteiger partial charge in [0, 0.05) is 24.7 Å². The summed E-state index contributed by atoms with van der Waals surface area (Å²) in [5, 5.41) is 12.1. The van der Waals surface area contributed by atoms with Crippen LogP contribution in [0.25, 0.3) is 11.0 Å². The van der Waals surface area contributed by atoms with Gasteiger partial charge in [-0.15, -0.1) is 0 Å². The summed E-state index contributed by atoms with van der Waals surface area (Å²) in [6.07, 6.45) is 2.69. The number of anilines is 1. The van der Waals surface area contributed by atoms with E-state index in [1.807, 2.05) is 12.3 Å². The number of nitrogens with zero attached hydrogens (tertiary/aromatic N) is 2. The normalized spacial score (nSPS) is 15.9. The van der Waals surface area contributed by atoms with Crippen LogP contribution in [-0.4, -0.2) is 40.3 Å². The first-order valence-corrected chi connectivity index (χ1v) is 5.40. The number of carboxylic acid groups (broad SMARTS) is 1. The van der Waals surface area contributed by atoms with Crippen molar-refractivity contribution in [2.75, 3.05) is 18.0 Å². The van der Waals surface area contributed by atoms with Gasteiger partial charge in [0.1, 0.15) is 5.65 Å². The Balaban J connectivity index is 1.71. The number of hydrogen-bond acceptors (Lipinski definition) is 3. The summed E-state index contributed by atoms with van der Waals surface area (Å²) in [4.78, 5) is 19.9. The Morgan fingerprint density at radius 2 is 2.41 bits per heavy atom. The largest absolute Gasteiger partial charge is 0.465 e. The number of rotatable bonds is 2. The van der Waals surface area contributed by atoms with Gasteiger partial charge in [0.15, 0.2) is 0 Å². The second-order valence-corrected chi connectivity index (χ2v) is 4.16. The molecule has 6 nitrogen and oxygen atoms in total. The fraction of sp³-hybridized carbons (Fsp3) is 0.273. The third kappa shape index (κ3) is 1.77. The van der Waals surface area contributed by atoms with E-state index in [1.165, 1.54) is 0 Å². The van der Waals surface area contributed by atoms with Gasteiger partial charge in [0.05, 0.1) is 17.9 Å². The Kier molecular flexibility index (Phi) is 2.14. The lowest BCUT2D eigenvalue weighted by Crippen LogP contribution is -2.59. The molecule has 3 rings (SSSR count). The van der Waals surface area contributed by atoms with E-state index in [0.717, 1.165) is 16.7 Å². The van der Waals surface area contributed by atoms with E-state index < -0.39 is 6.09 Å². The van der Waals surface area contributed by atoms with Crippen molar-refractivity contribution in [3.8, 4) is 0 Å². The van der Waals surface area contributed by atoms with Crippen LogP contribution in [0.4, 0.5) is 10.5 Å². The molecule has 17 heavy (non-hydrogen) atoms. The van der Waals surface area contributed by atoms with E-state index in [4.69, 9.17) is 5.11 Å². The molecular formula is C11H12N4O2. The molecule has 0 saturated carbocycles. The Labute approximate surface area is 97.3 Å². The summed E-state index contributed by atoms with van der Waals surface area (Å²) >= 11 is 0. The Hall–Kier alpha value is -2.24. The van der Waals surface area contributed by atoms with E-state index in [1.54, 1.807) is 6.20 Å². The molecule has 0 spiro atoms. The summed E-state index contributed by atoms with van der Waals surface area (Å²) in [6.45, 7) is 1.40. The number of carbonyl (C=O) groups is 1. The molecule has 6 heteroatoms. The highest BCUT2D eigenvalue weighted by Crippen LogP contribution is 2.23. The van der Waals surface area contributed by atoms with Crippen LogP contribution in [0.3, 0.4) is 0 Å². The number of nitrogens with one attached hydrogen (secondary N) is 2. The average Bonchev–Trinajstić information content (AvgIpc) is 2.69. The maximum absolute atomic E-state index is 10.4. The summed E-state index contributed by atoms with van der Waals surface area (Å²) in [7, 11) is 0. The Bertz CT molecular complexity index is 559. The van der Waals surface area contributed by atoms with Crippen LogP contribution in [0.1, 0.15) is 0 Å². The molecule has 0 unspecified atom stereocenters. The molecule has 1 amide bonds. The lowest BCUT2D eigenvalue weighted by Gasteiger charge is -2.40. The summed E-state index contributed by atoms with van der Waals surface area (Å²) in [6, 6.07) is 4.04. The highest BCUT2D eigenvalue weighted by molar-refractivity contribution is 5.79. The van der Waals surface area contributed by atoms with Crippen molar-refractivity contribution in [3.63, 3.8) is 0 Å². The zero-order valence-corrected chi connectivity index (χ0v) is 9.05. The predicted molar refractivity (Wildman–Crippen MR) is 63.3 cm³/mol. The lowest BCUT2D eigenvalue weighted by atomic mass is 10.1. The molecule has 0 aliphatic carbocycles. The van der Waals surface area contributed by atoms with Crippen LogP contribution in [0.15, 0.2) is 24.5 Å². The first kappa shape index (κ1) is 9.95. The number of aromatic amines is 1. The number of fused-ring (bicyclic) bond motifs is 1. The molecule has 1 aliphatic rings. The minimum absolute atomic E-state index is 0.0226. The molecule has 1 saturated heterocycles. The van der Waals surface area contributed by atoms with Crippen LogP contribution in [0, 0.1) is 0 Å². The smallest absolute Gasteiger partial charge is 0.405 e. The lowest BCUT2D eigenvalue weighted by molar-refractivity contribution is 0.187. The monoisotopic (exact) mass is 232 g/mol. The maximum atomic E-state index is 10.4. The fourth-order valence-electron chi connectivity index (χ4n) is 2.06. The van der Waals surface area contributed by atoms with E-state index in [-0.39, 0.29) is 6.04 Å². The first-order valence-electron chi connectivity index (χ1n) is 5.40. The molecular weight excluding hydrogens is 220 g/mol. The maximum Gasteiger partial charge on any atom is 0.405 e. The Morgan fingerprint density at radius 1 is 1.59 bits per heavy atom. The standard InChI is InChI=1S/C11H12N4O2/c16-11(17)14-8-5-15(6-8)9-3-7-1-2-12-10(7)13-4-9/h1-4,8,14H,5-6H2,(H,12,13)(H,16,17). The molecule has 1 fully saturated rings. The summed E-state index contributed by atoms with van der Waals surface area (Å²) < 4.78 is 0. The van der Waals surface area contributed by atoms with E-state index in [0.29, 0.717) is 13.1 Å². The third-order valence-corrected chi connectivity index (χ3v) is 2.96. The molecule has 2 aromatic heterocycles. The Morgan fingerprint density at radius 3 is 3.18 bits per heavy atom. The minimum Gasteiger partial charge on any atom is -0.465 e. The summed E-state index contributed by atoms with van der Waals surface area (Å²) in [5.41, 5.74) is 1.90. The number of amides is 1. The number of aromatic nitrogens is 2. The quantitative estimate of drug-likeness (QED) is 0.722. The van der Waals surface area contributed by atoms with Crippen LogP contribution >= 0.6 is 0 Å². The van der Waals surface area contributed by atoms with Gasteiger partial charge in [-0.2, -0.15) is 0 Å². The van der Waals surface area contributed by atoms with Gasteiger partial charge in [-0.25, -0.2) is 9.78 Å². The minimum atomic E-state index is -0.964. The SMILES string of the molecule is O=C(O)NC1CN(c2cnc3[nH]ccc3c2)C1. The van der Waals surface area contributed by atoms with Gasteiger partial charge in [-0.3, -0.25) is 0 Å². The zero-order chi connectivity index (χ0) is 11.8. The fourth-order valence-corrected chi connectivity index (χ4v) is 2.06. The van der Waals surface area contributed by atoms with Crippen LogP contribution in [-0.2, 0) is 0 Å². The van der Waals surface area contributed by atoms with Gasteiger partial charge < -0.3 is 20.3 Å². The van der Waals surface area contributed by atoms with Gasteiger partial charge in [0.2, 0.25) is 0 Å². The molecule has 3 heterocycles. The number of hydrogen-bond donors (Lipinski definition) is 3. The molecule has 0 radical (unpaired) electrons. The second-order valence-electron chi connectivity index (χ2n) is 4.16. The molecule has 0 bridgehead atoms. The van der Waals surface area contributed by atoms with Crippen LogP contribution < -0.4 is 10.2 Å². The van der Waals surface area contributed by atoms with E-state index in [9.17, 15) is 4.79 Å². The number of H-pyrrole nitrogens is 1. The predicted octanol–water partition coefficient (Wildman–Crippen LogP) is 1.02. The molecule has 0 aromatic carbocycles. The van der Waals surface area contributed by atoms with Crippen molar-refractivity contribution in [1.29, 1.82) is 0 Å². The molecule has 2 aromatic rings. The topological polar surface area (TPSA) is 81.2 Å². The third-order valence-electron chi connectivity index (χ3n) is 2.96. The van der Waals surface area contributed by atoms with E-state index >= 15 is 0 Å². The molecule has 88 valence electrons. The van der Waals surface area contributed by atoms with Crippen molar-refractivity contribution in [1.82, 2.24) is 15.3 Å². The zero-order valence-electron chi connectivity index (χ0n) is 9.05. The van der Waals surface area contributed by atoms with Crippen molar-refractivity contribution in [2.24, 2.45) is 0 Å². The van der Waals surface area contributed by atoms with Gasteiger partial charge in [-0.05, 0) is 12.1 Å². The van der Waals surface area contributed by atoms with Gasteiger partial charge in [-0.1, -0.05) is 0 Å². The second kappa shape index (κ2) is 3.65. The highest BCUT2D eigenvalue weighted by atomic mass is 16.4. The molecule has 3 N–H and O–H groups in total. The molecule has 0 atom stereocenters. The first-order chi connectivity index (χ1) is 8.22. The van der Waals surface area contributed by atoms with Crippen LogP contribution in [0.5, 0.6) is 0 Å². The highest BCUT2D eigenvalue weighted by Gasteiger charge is 2.28. The average molecular weight is 232 g/mol. The van der Waals surface area contributed by atoms with E-state index in [2.05, 4.69) is 26.3 Å². The van der Waals surface area contributed by atoms with Crippen molar-refractivity contribution >= 4 is 22.8 Å². The summed E-state index contributed by atoms with van der Waals surface area (Å²) in [5.74, 6) is 0. The van der Waals surface area contributed by atoms with Crippen molar-refractivity contribution in [2.45, 2.75) is 6.04 Å². The van der Waals surface area contributed by atoms with Crippen molar-refractivity contribution in [3.05, 3.63) is 24.5 Å². The number of pyridine rings is 1. The molecule has 1 aliphatic heterocycles. The van der Waals surface area contributed by atoms with Crippen LogP contribution in [0.2, 0.25) is 0 Å². The van der Waals surface area contributed by atoms with Gasteiger partial charge in [0.25, 0.3) is 0 Å².